The summed E-state index contributed by atoms with van der Waals surface area (Å²) in [6.45, 7) is 5.84. The second-order valence-corrected chi connectivity index (χ2v) is 6.70. The number of rotatable bonds is 2. The molecule has 18 heavy (non-hydrogen) atoms. The standard InChI is InChI=1S/C14H13BrN2S/c1-9-12(10-6-4-5-7-11(10)15)17-13(18-9)14(2,3)8-16/h4-7H,1-3H3. The molecular formula is C14H13BrN2S. The van der Waals surface area contributed by atoms with Gasteiger partial charge in [0.1, 0.15) is 10.4 Å². The predicted octanol–water partition coefficient (Wildman–Crippen LogP) is 4.68. The maximum atomic E-state index is 9.18. The second-order valence-electron chi connectivity index (χ2n) is 4.64. The number of thiazole rings is 1. The van der Waals surface area contributed by atoms with Gasteiger partial charge >= 0.3 is 0 Å². The Bertz CT molecular complexity index is 623. The van der Waals surface area contributed by atoms with Crippen LogP contribution in [-0.4, -0.2) is 4.98 Å². The highest BCUT2D eigenvalue weighted by Gasteiger charge is 2.25. The molecule has 0 radical (unpaired) electrons. The lowest BCUT2D eigenvalue weighted by Gasteiger charge is -2.10. The van der Waals surface area contributed by atoms with Gasteiger partial charge in [0.2, 0.25) is 0 Å². The molecule has 0 aliphatic rings. The summed E-state index contributed by atoms with van der Waals surface area (Å²) in [6, 6.07) is 10.3. The Kier molecular flexibility index (Phi) is 3.56. The Morgan fingerprint density at radius 3 is 2.61 bits per heavy atom. The van der Waals surface area contributed by atoms with Gasteiger partial charge in [-0.1, -0.05) is 34.1 Å². The summed E-state index contributed by atoms with van der Waals surface area (Å²) < 4.78 is 1.03. The molecule has 0 aliphatic heterocycles. The summed E-state index contributed by atoms with van der Waals surface area (Å²) in [5.41, 5.74) is 1.51. The fourth-order valence-corrected chi connectivity index (χ4v) is 3.07. The van der Waals surface area contributed by atoms with Crippen molar-refractivity contribution in [3.63, 3.8) is 0 Å². The van der Waals surface area contributed by atoms with E-state index in [1.807, 2.05) is 45.0 Å². The minimum absolute atomic E-state index is 0.533. The van der Waals surface area contributed by atoms with E-state index < -0.39 is 5.41 Å². The van der Waals surface area contributed by atoms with E-state index in [0.29, 0.717) is 0 Å². The minimum Gasteiger partial charge on any atom is -0.239 e. The lowest BCUT2D eigenvalue weighted by atomic mass is 9.97. The Labute approximate surface area is 119 Å². The molecule has 0 N–H and O–H groups in total. The summed E-state index contributed by atoms with van der Waals surface area (Å²) in [5, 5.41) is 10.0. The van der Waals surface area contributed by atoms with E-state index >= 15 is 0 Å². The summed E-state index contributed by atoms with van der Waals surface area (Å²) in [5.74, 6) is 0. The first-order chi connectivity index (χ1) is 8.45. The van der Waals surface area contributed by atoms with Crippen molar-refractivity contribution in [1.82, 2.24) is 4.98 Å². The number of aryl methyl sites for hydroxylation is 1. The van der Waals surface area contributed by atoms with E-state index in [2.05, 4.69) is 27.0 Å². The van der Waals surface area contributed by atoms with Gasteiger partial charge in [-0.15, -0.1) is 11.3 Å². The van der Waals surface area contributed by atoms with Crippen molar-refractivity contribution in [2.24, 2.45) is 0 Å². The van der Waals surface area contributed by atoms with Gasteiger partial charge < -0.3 is 0 Å². The van der Waals surface area contributed by atoms with Crippen LogP contribution in [0.1, 0.15) is 23.7 Å². The number of hydrogen-bond donors (Lipinski definition) is 0. The Morgan fingerprint density at radius 2 is 2.00 bits per heavy atom. The van der Waals surface area contributed by atoms with Crippen molar-refractivity contribution < 1.29 is 0 Å². The van der Waals surface area contributed by atoms with Gasteiger partial charge in [-0.05, 0) is 26.8 Å². The van der Waals surface area contributed by atoms with Crippen molar-refractivity contribution in [2.45, 2.75) is 26.2 Å². The van der Waals surface area contributed by atoms with Crippen LogP contribution in [0.25, 0.3) is 11.3 Å². The molecule has 2 nitrogen and oxygen atoms in total. The molecular weight excluding hydrogens is 308 g/mol. The van der Waals surface area contributed by atoms with Crippen LogP contribution in [0.2, 0.25) is 0 Å². The zero-order valence-corrected chi connectivity index (χ0v) is 12.9. The van der Waals surface area contributed by atoms with Crippen LogP contribution in [0.4, 0.5) is 0 Å². The lowest BCUT2D eigenvalue weighted by molar-refractivity contribution is 0.680. The first kappa shape index (κ1) is 13.3. The van der Waals surface area contributed by atoms with Crippen molar-refractivity contribution in [1.29, 1.82) is 5.26 Å². The van der Waals surface area contributed by atoms with Crippen LogP contribution in [0.5, 0.6) is 0 Å². The van der Waals surface area contributed by atoms with Gasteiger partial charge in [0.05, 0.1) is 11.8 Å². The molecule has 0 saturated carbocycles. The topological polar surface area (TPSA) is 36.7 Å². The average Bonchev–Trinajstić information content (AvgIpc) is 2.73. The van der Waals surface area contributed by atoms with E-state index in [9.17, 15) is 5.26 Å². The SMILES string of the molecule is Cc1sc(C(C)(C)C#N)nc1-c1ccccc1Br. The van der Waals surface area contributed by atoms with Crippen molar-refractivity contribution in [3.05, 3.63) is 38.6 Å². The van der Waals surface area contributed by atoms with Gasteiger partial charge in [-0.25, -0.2) is 4.98 Å². The summed E-state index contributed by atoms with van der Waals surface area (Å²) in [7, 11) is 0. The molecule has 0 fully saturated rings. The molecule has 0 saturated heterocycles. The van der Waals surface area contributed by atoms with Crippen LogP contribution < -0.4 is 0 Å². The minimum atomic E-state index is -0.533. The quantitative estimate of drug-likeness (QED) is 0.805. The third kappa shape index (κ3) is 2.33. The third-order valence-electron chi connectivity index (χ3n) is 2.74. The van der Waals surface area contributed by atoms with Gasteiger partial charge in [-0.3, -0.25) is 0 Å². The van der Waals surface area contributed by atoms with Gasteiger partial charge in [0.15, 0.2) is 0 Å². The first-order valence-corrected chi connectivity index (χ1v) is 7.20. The van der Waals surface area contributed by atoms with Crippen molar-refractivity contribution in [2.75, 3.05) is 0 Å². The Morgan fingerprint density at radius 1 is 1.33 bits per heavy atom. The molecule has 0 aliphatic carbocycles. The number of hydrogen-bond acceptors (Lipinski definition) is 3. The van der Waals surface area contributed by atoms with Gasteiger partial charge in [0, 0.05) is 14.9 Å². The number of benzene rings is 1. The largest absolute Gasteiger partial charge is 0.239 e. The average molecular weight is 321 g/mol. The number of nitrogens with zero attached hydrogens (tertiary/aromatic N) is 2. The molecule has 2 aromatic rings. The lowest BCUT2D eigenvalue weighted by Crippen LogP contribution is -2.13. The monoisotopic (exact) mass is 320 g/mol. The molecule has 0 unspecified atom stereocenters. The molecule has 1 aromatic carbocycles. The zero-order valence-electron chi connectivity index (χ0n) is 10.5. The van der Waals surface area contributed by atoms with Gasteiger partial charge in [-0.2, -0.15) is 5.26 Å². The highest BCUT2D eigenvalue weighted by atomic mass is 79.9. The maximum Gasteiger partial charge on any atom is 0.113 e. The van der Waals surface area contributed by atoms with E-state index in [1.54, 1.807) is 11.3 Å². The van der Waals surface area contributed by atoms with E-state index in [0.717, 1.165) is 25.6 Å². The summed E-state index contributed by atoms with van der Waals surface area (Å²) in [4.78, 5) is 5.79. The summed E-state index contributed by atoms with van der Waals surface area (Å²) >= 11 is 5.14. The molecule has 4 heteroatoms. The Hall–Kier alpha value is -1.18. The highest BCUT2D eigenvalue weighted by molar-refractivity contribution is 9.10. The van der Waals surface area contributed by atoms with Crippen LogP contribution in [0.3, 0.4) is 0 Å². The van der Waals surface area contributed by atoms with Crippen molar-refractivity contribution in [3.8, 4) is 17.3 Å². The molecule has 0 spiro atoms. The molecule has 92 valence electrons. The molecule has 1 aromatic heterocycles. The molecule has 2 rings (SSSR count). The normalized spacial score (nSPS) is 11.3. The smallest absolute Gasteiger partial charge is 0.113 e. The van der Waals surface area contributed by atoms with Crippen LogP contribution >= 0.6 is 27.3 Å². The van der Waals surface area contributed by atoms with Crippen LogP contribution in [0, 0.1) is 18.3 Å². The fraction of sp³-hybridized carbons (Fsp3) is 0.286. The van der Waals surface area contributed by atoms with Crippen molar-refractivity contribution >= 4 is 27.3 Å². The number of aromatic nitrogens is 1. The highest BCUT2D eigenvalue weighted by Crippen LogP contribution is 2.36. The predicted molar refractivity (Wildman–Crippen MR) is 78.6 cm³/mol. The van der Waals surface area contributed by atoms with Crippen LogP contribution in [-0.2, 0) is 5.41 Å². The molecule has 0 amide bonds. The molecule has 0 bridgehead atoms. The number of halogens is 1. The fourth-order valence-electron chi connectivity index (χ4n) is 1.61. The van der Waals surface area contributed by atoms with E-state index in [-0.39, 0.29) is 0 Å². The maximum absolute atomic E-state index is 9.18. The second kappa shape index (κ2) is 4.83. The number of nitriles is 1. The summed E-state index contributed by atoms with van der Waals surface area (Å²) in [6.07, 6.45) is 0. The Balaban J connectivity index is 2.56. The third-order valence-corrected chi connectivity index (χ3v) is 4.73. The van der Waals surface area contributed by atoms with Gasteiger partial charge in [0.25, 0.3) is 0 Å². The zero-order chi connectivity index (χ0) is 13.3. The van der Waals surface area contributed by atoms with E-state index in [4.69, 9.17) is 0 Å². The van der Waals surface area contributed by atoms with Crippen LogP contribution in [0.15, 0.2) is 28.7 Å². The van der Waals surface area contributed by atoms with E-state index in [1.165, 1.54) is 0 Å². The first-order valence-electron chi connectivity index (χ1n) is 5.60. The molecule has 0 atom stereocenters. The molecule has 1 heterocycles.